The van der Waals surface area contributed by atoms with Gasteiger partial charge in [-0.05, 0) is 38.8 Å². The minimum Gasteiger partial charge on any atom is -0.382 e. The van der Waals surface area contributed by atoms with E-state index in [1.165, 1.54) is 6.92 Å². The molecule has 0 unspecified atom stereocenters. The lowest BCUT2D eigenvalue weighted by Crippen LogP contribution is -2.10. The molecule has 5 heteroatoms. The SMILES string of the molecule is CC(=O)C(C#N)=CCc1c[nH]c2nccc(NC(C)C)c12. The summed E-state index contributed by atoms with van der Waals surface area (Å²) in [6.07, 6.45) is 5.80. The van der Waals surface area contributed by atoms with Gasteiger partial charge >= 0.3 is 0 Å². The lowest BCUT2D eigenvalue weighted by atomic mass is 10.1. The van der Waals surface area contributed by atoms with Crippen molar-refractivity contribution in [2.24, 2.45) is 0 Å². The van der Waals surface area contributed by atoms with Crippen LogP contribution in [0.1, 0.15) is 26.3 Å². The van der Waals surface area contributed by atoms with E-state index < -0.39 is 0 Å². The first-order valence-corrected chi connectivity index (χ1v) is 6.85. The Hall–Kier alpha value is -2.61. The van der Waals surface area contributed by atoms with E-state index in [0.29, 0.717) is 12.5 Å². The van der Waals surface area contributed by atoms with Crippen molar-refractivity contribution in [1.29, 1.82) is 5.26 Å². The molecule has 2 aromatic heterocycles. The van der Waals surface area contributed by atoms with Gasteiger partial charge in [-0.3, -0.25) is 4.79 Å². The van der Waals surface area contributed by atoms with E-state index in [4.69, 9.17) is 5.26 Å². The minimum atomic E-state index is -0.212. The first-order valence-electron chi connectivity index (χ1n) is 6.85. The van der Waals surface area contributed by atoms with Gasteiger partial charge in [-0.2, -0.15) is 5.26 Å². The van der Waals surface area contributed by atoms with Gasteiger partial charge < -0.3 is 10.3 Å². The number of ketones is 1. The molecule has 0 atom stereocenters. The molecule has 2 heterocycles. The van der Waals surface area contributed by atoms with E-state index in [2.05, 4.69) is 29.1 Å². The number of nitrogens with zero attached hydrogens (tertiary/aromatic N) is 2. The fraction of sp³-hybridized carbons (Fsp3) is 0.312. The van der Waals surface area contributed by atoms with Gasteiger partial charge in [0, 0.05) is 29.5 Å². The van der Waals surface area contributed by atoms with Crippen LogP contribution in [0.2, 0.25) is 0 Å². The Bertz CT molecular complexity index is 734. The van der Waals surface area contributed by atoms with Crippen molar-refractivity contribution >= 4 is 22.5 Å². The molecule has 0 bridgehead atoms. The van der Waals surface area contributed by atoms with E-state index in [1.54, 1.807) is 12.3 Å². The van der Waals surface area contributed by atoms with Gasteiger partial charge in [0.1, 0.15) is 11.7 Å². The Balaban J connectivity index is 2.41. The fourth-order valence-corrected chi connectivity index (χ4v) is 2.20. The van der Waals surface area contributed by atoms with Gasteiger partial charge in [-0.25, -0.2) is 4.98 Å². The van der Waals surface area contributed by atoms with E-state index in [1.807, 2.05) is 18.3 Å². The number of carbonyl (C=O) groups is 1. The van der Waals surface area contributed by atoms with Crippen LogP contribution >= 0.6 is 0 Å². The number of nitriles is 1. The van der Waals surface area contributed by atoms with Crippen molar-refractivity contribution in [2.75, 3.05) is 5.32 Å². The number of aromatic nitrogens is 2. The molecule has 0 saturated carbocycles. The summed E-state index contributed by atoms with van der Waals surface area (Å²) in [6, 6.07) is 4.17. The molecule has 0 fully saturated rings. The average Bonchev–Trinajstić information content (AvgIpc) is 2.83. The molecule has 5 nitrogen and oxygen atoms in total. The summed E-state index contributed by atoms with van der Waals surface area (Å²) in [5, 5.41) is 13.3. The van der Waals surface area contributed by atoms with Crippen LogP contribution in [0.15, 0.2) is 30.1 Å². The molecular weight excluding hydrogens is 264 g/mol. The number of nitrogens with one attached hydrogen (secondary N) is 2. The highest BCUT2D eigenvalue weighted by Gasteiger charge is 2.10. The molecule has 108 valence electrons. The number of pyridine rings is 1. The first kappa shape index (κ1) is 14.8. The standard InChI is InChI=1S/C16H18N4O/c1-10(2)20-14-6-7-18-16-15(14)13(9-19-16)5-4-12(8-17)11(3)21/h4,6-7,9-10H,5H2,1-3H3,(H2,18,19,20). The summed E-state index contributed by atoms with van der Waals surface area (Å²) in [5.41, 5.74) is 2.99. The van der Waals surface area contributed by atoms with Gasteiger partial charge in [0.15, 0.2) is 5.78 Å². The molecule has 0 radical (unpaired) electrons. The number of carbonyl (C=O) groups excluding carboxylic acids is 1. The zero-order valence-corrected chi connectivity index (χ0v) is 12.4. The number of allylic oxidation sites excluding steroid dienone is 2. The molecule has 0 aliphatic rings. The number of hydrogen-bond donors (Lipinski definition) is 2. The van der Waals surface area contributed by atoms with Crippen molar-refractivity contribution in [1.82, 2.24) is 9.97 Å². The second kappa shape index (κ2) is 6.23. The third kappa shape index (κ3) is 3.29. The van der Waals surface area contributed by atoms with Crippen molar-refractivity contribution in [3.05, 3.63) is 35.7 Å². The van der Waals surface area contributed by atoms with Gasteiger partial charge in [0.2, 0.25) is 0 Å². The largest absolute Gasteiger partial charge is 0.382 e. The minimum absolute atomic E-state index is 0.187. The lowest BCUT2D eigenvalue weighted by Gasteiger charge is -2.11. The van der Waals surface area contributed by atoms with Crippen LogP contribution in [0.5, 0.6) is 0 Å². The van der Waals surface area contributed by atoms with Crippen molar-refractivity contribution in [2.45, 2.75) is 33.2 Å². The Morgan fingerprint density at radius 3 is 2.95 bits per heavy atom. The topological polar surface area (TPSA) is 81.6 Å². The highest BCUT2D eigenvalue weighted by Crippen LogP contribution is 2.26. The summed E-state index contributed by atoms with van der Waals surface area (Å²) in [7, 11) is 0. The number of hydrogen-bond acceptors (Lipinski definition) is 4. The van der Waals surface area contributed by atoms with Crippen LogP contribution in [-0.4, -0.2) is 21.8 Å². The first-order chi connectivity index (χ1) is 10.0. The zero-order chi connectivity index (χ0) is 15.4. The maximum Gasteiger partial charge on any atom is 0.169 e. The Labute approximate surface area is 123 Å². The number of aromatic amines is 1. The molecule has 0 spiro atoms. The molecule has 0 aliphatic heterocycles. The molecule has 0 aromatic carbocycles. The maximum absolute atomic E-state index is 11.3. The molecule has 0 aliphatic carbocycles. The average molecular weight is 282 g/mol. The van der Waals surface area contributed by atoms with Crippen molar-refractivity contribution in [3.63, 3.8) is 0 Å². The summed E-state index contributed by atoms with van der Waals surface area (Å²) in [5.74, 6) is -0.212. The number of anilines is 1. The van der Waals surface area contributed by atoms with Crippen molar-refractivity contribution in [3.8, 4) is 6.07 Å². The van der Waals surface area contributed by atoms with Gasteiger partial charge in [-0.1, -0.05) is 6.08 Å². The van der Waals surface area contributed by atoms with Crippen LogP contribution in [0.25, 0.3) is 11.0 Å². The molecule has 2 N–H and O–H groups in total. The molecule has 21 heavy (non-hydrogen) atoms. The monoisotopic (exact) mass is 282 g/mol. The second-order valence-electron chi connectivity index (χ2n) is 5.18. The van der Waals surface area contributed by atoms with Crippen LogP contribution in [0.4, 0.5) is 5.69 Å². The number of Topliss-reactive ketones (excluding diaryl/α,β-unsaturated/α-hetero) is 1. The van der Waals surface area contributed by atoms with Crippen LogP contribution in [0, 0.1) is 11.3 Å². The Kier molecular flexibility index (Phi) is 4.39. The van der Waals surface area contributed by atoms with Gasteiger partial charge in [0.05, 0.1) is 5.57 Å². The van der Waals surface area contributed by atoms with E-state index >= 15 is 0 Å². The summed E-state index contributed by atoms with van der Waals surface area (Å²) in [6.45, 7) is 5.54. The number of rotatable bonds is 5. The van der Waals surface area contributed by atoms with Crippen LogP contribution < -0.4 is 5.32 Å². The molecule has 2 aromatic rings. The molecule has 0 saturated heterocycles. The van der Waals surface area contributed by atoms with Crippen LogP contribution in [-0.2, 0) is 11.2 Å². The summed E-state index contributed by atoms with van der Waals surface area (Å²) >= 11 is 0. The molecule has 0 amide bonds. The third-order valence-corrected chi connectivity index (χ3v) is 3.13. The highest BCUT2D eigenvalue weighted by atomic mass is 16.1. The molecular formula is C16H18N4O. The number of fused-ring (bicyclic) bond motifs is 1. The zero-order valence-electron chi connectivity index (χ0n) is 12.4. The lowest BCUT2D eigenvalue weighted by molar-refractivity contribution is -0.113. The second-order valence-corrected chi connectivity index (χ2v) is 5.18. The fourth-order valence-electron chi connectivity index (χ4n) is 2.20. The van der Waals surface area contributed by atoms with Gasteiger partial charge in [-0.15, -0.1) is 0 Å². The summed E-state index contributed by atoms with van der Waals surface area (Å²) in [4.78, 5) is 18.7. The van der Waals surface area contributed by atoms with E-state index in [0.717, 1.165) is 22.3 Å². The Morgan fingerprint density at radius 1 is 1.57 bits per heavy atom. The quantitative estimate of drug-likeness (QED) is 0.652. The smallest absolute Gasteiger partial charge is 0.169 e. The highest BCUT2D eigenvalue weighted by molar-refractivity contribution is 5.97. The van der Waals surface area contributed by atoms with Gasteiger partial charge in [0.25, 0.3) is 0 Å². The Morgan fingerprint density at radius 2 is 2.33 bits per heavy atom. The number of H-pyrrole nitrogens is 1. The van der Waals surface area contributed by atoms with E-state index in [-0.39, 0.29) is 11.4 Å². The predicted molar refractivity (Wildman–Crippen MR) is 82.9 cm³/mol. The van der Waals surface area contributed by atoms with Crippen LogP contribution in [0.3, 0.4) is 0 Å². The summed E-state index contributed by atoms with van der Waals surface area (Å²) < 4.78 is 0. The normalized spacial score (nSPS) is 11.7. The molecule has 2 rings (SSSR count). The predicted octanol–water partition coefficient (Wildman–Crippen LogP) is 2.96. The van der Waals surface area contributed by atoms with Crippen molar-refractivity contribution < 1.29 is 4.79 Å². The van der Waals surface area contributed by atoms with E-state index in [9.17, 15) is 4.79 Å². The third-order valence-electron chi connectivity index (χ3n) is 3.13. The maximum atomic E-state index is 11.3.